The molecule has 0 bridgehead atoms. The van der Waals surface area contributed by atoms with Gasteiger partial charge in [-0.3, -0.25) is 4.79 Å². The predicted molar refractivity (Wildman–Crippen MR) is 82.4 cm³/mol. The molecule has 0 aromatic carbocycles. The van der Waals surface area contributed by atoms with Gasteiger partial charge in [-0.25, -0.2) is 9.59 Å². The molecule has 0 N–H and O–H groups in total. The smallest absolute Gasteiger partial charge is 0.355 e. The molecule has 1 aromatic heterocycles. The summed E-state index contributed by atoms with van der Waals surface area (Å²) in [7, 11) is 1.61. The Bertz CT molecular complexity index is 602. The van der Waals surface area contributed by atoms with E-state index in [2.05, 4.69) is 0 Å². The second-order valence-corrected chi connectivity index (χ2v) is 4.78. The zero-order valence-corrected chi connectivity index (χ0v) is 14.2. The number of hydrogen-bond donors (Lipinski definition) is 0. The second kappa shape index (κ2) is 8.36. The minimum Gasteiger partial charge on any atom is -0.466 e. The molecule has 0 aliphatic heterocycles. The first-order chi connectivity index (χ1) is 10.9. The summed E-state index contributed by atoms with van der Waals surface area (Å²) in [4.78, 5) is 36.2. The third-order valence-corrected chi connectivity index (χ3v) is 3.32. The van der Waals surface area contributed by atoms with Gasteiger partial charge in [-0.05, 0) is 33.3 Å². The fourth-order valence-corrected chi connectivity index (χ4v) is 2.41. The van der Waals surface area contributed by atoms with Crippen LogP contribution in [0.25, 0.3) is 0 Å². The standard InChI is InChI=1S/C16H23NO6/c1-6-21-12(18)9-11-13(15(19)22-7-2)10(4)14(17(11)5)16(20)23-8-3/h6-9H2,1-5H3. The van der Waals surface area contributed by atoms with Gasteiger partial charge in [-0.2, -0.15) is 0 Å². The number of esters is 3. The third-order valence-electron chi connectivity index (χ3n) is 3.32. The average molecular weight is 325 g/mol. The van der Waals surface area contributed by atoms with Gasteiger partial charge in [-0.15, -0.1) is 0 Å². The molecule has 0 amide bonds. The summed E-state index contributed by atoms with van der Waals surface area (Å²) in [6, 6.07) is 0. The van der Waals surface area contributed by atoms with Crippen LogP contribution in [0.5, 0.6) is 0 Å². The molecular formula is C16H23NO6. The number of nitrogens with zero attached hydrogens (tertiary/aromatic N) is 1. The Morgan fingerprint density at radius 2 is 1.43 bits per heavy atom. The molecule has 7 heteroatoms. The largest absolute Gasteiger partial charge is 0.466 e. The number of rotatable bonds is 7. The molecule has 1 aromatic rings. The van der Waals surface area contributed by atoms with Crippen molar-refractivity contribution in [2.75, 3.05) is 19.8 Å². The number of hydrogen-bond acceptors (Lipinski definition) is 6. The van der Waals surface area contributed by atoms with Crippen LogP contribution in [-0.2, 0) is 32.5 Å². The highest BCUT2D eigenvalue weighted by Crippen LogP contribution is 2.24. The lowest BCUT2D eigenvalue weighted by molar-refractivity contribution is -0.142. The molecule has 0 fully saturated rings. The normalized spacial score (nSPS) is 10.3. The molecule has 0 atom stereocenters. The zero-order valence-electron chi connectivity index (χ0n) is 14.2. The van der Waals surface area contributed by atoms with Crippen LogP contribution in [0.2, 0.25) is 0 Å². The summed E-state index contributed by atoms with van der Waals surface area (Å²) >= 11 is 0. The fraction of sp³-hybridized carbons (Fsp3) is 0.562. The maximum atomic E-state index is 12.2. The monoisotopic (exact) mass is 325 g/mol. The van der Waals surface area contributed by atoms with Crippen molar-refractivity contribution in [3.05, 3.63) is 22.5 Å². The van der Waals surface area contributed by atoms with Crippen LogP contribution in [-0.4, -0.2) is 42.3 Å². The van der Waals surface area contributed by atoms with E-state index in [0.717, 1.165) is 0 Å². The van der Waals surface area contributed by atoms with Crippen LogP contribution >= 0.6 is 0 Å². The minimum absolute atomic E-state index is 0.126. The van der Waals surface area contributed by atoms with Crippen LogP contribution in [0.1, 0.15) is 52.9 Å². The molecule has 1 heterocycles. The van der Waals surface area contributed by atoms with E-state index in [1.807, 2.05) is 0 Å². The Balaban J connectivity index is 3.39. The first-order valence-electron chi connectivity index (χ1n) is 7.56. The first-order valence-corrected chi connectivity index (χ1v) is 7.56. The zero-order chi connectivity index (χ0) is 17.6. The molecule has 0 spiro atoms. The fourth-order valence-electron chi connectivity index (χ4n) is 2.41. The van der Waals surface area contributed by atoms with Gasteiger partial charge in [0.15, 0.2) is 0 Å². The van der Waals surface area contributed by atoms with E-state index in [4.69, 9.17) is 14.2 Å². The van der Waals surface area contributed by atoms with Crippen LogP contribution in [0, 0.1) is 6.92 Å². The maximum absolute atomic E-state index is 12.2. The third kappa shape index (κ3) is 4.12. The molecule has 0 radical (unpaired) electrons. The summed E-state index contributed by atoms with van der Waals surface area (Å²) in [5.74, 6) is -1.60. The molecular weight excluding hydrogens is 302 g/mol. The molecule has 0 aliphatic rings. The summed E-state index contributed by atoms with van der Waals surface area (Å²) in [5.41, 5.74) is 1.26. The molecule has 128 valence electrons. The number of ether oxygens (including phenoxy) is 3. The lowest BCUT2D eigenvalue weighted by Gasteiger charge is -2.08. The maximum Gasteiger partial charge on any atom is 0.355 e. The Labute approximate surface area is 135 Å². The lowest BCUT2D eigenvalue weighted by Crippen LogP contribution is -2.16. The summed E-state index contributed by atoms with van der Waals surface area (Å²) in [5, 5.41) is 0. The highest BCUT2D eigenvalue weighted by Gasteiger charge is 2.29. The molecule has 0 saturated heterocycles. The Morgan fingerprint density at radius 3 is 1.96 bits per heavy atom. The van der Waals surface area contributed by atoms with Crippen molar-refractivity contribution in [1.82, 2.24) is 4.57 Å². The van der Waals surface area contributed by atoms with Gasteiger partial charge in [0.1, 0.15) is 5.69 Å². The van der Waals surface area contributed by atoms with Crippen LogP contribution < -0.4 is 0 Å². The van der Waals surface area contributed by atoms with Gasteiger partial charge in [0, 0.05) is 12.7 Å². The van der Waals surface area contributed by atoms with E-state index in [0.29, 0.717) is 11.3 Å². The molecule has 23 heavy (non-hydrogen) atoms. The highest BCUT2D eigenvalue weighted by molar-refractivity contribution is 5.99. The molecule has 0 unspecified atom stereocenters. The van der Waals surface area contributed by atoms with Gasteiger partial charge in [0.2, 0.25) is 0 Å². The summed E-state index contributed by atoms with van der Waals surface area (Å²) in [6.45, 7) is 7.36. The first kappa shape index (κ1) is 18.7. The minimum atomic E-state index is -0.574. The van der Waals surface area contributed by atoms with Crippen LogP contribution in [0.15, 0.2) is 0 Å². The van der Waals surface area contributed by atoms with Crippen molar-refractivity contribution in [2.45, 2.75) is 34.1 Å². The van der Waals surface area contributed by atoms with E-state index in [1.165, 1.54) is 4.57 Å². The number of carbonyl (C=O) groups is 3. The summed E-state index contributed by atoms with van der Waals surface area (Å²) < 4.78 is 16.5. The molecule has 1 rings (SSSR count). The topological polar surface area (TPSA) is 83.8 Å². The lowest BCUT2D eigenvalue weighted by atomic mass is 10.1. The van der Waals surface area contributed by atoms with Crippen molar-refractivity contribution in [2.24, 2.45) is 7.05 Å². The Morgan fingerprint density at radius 1 is 0.913 bits per heavy atom. The van der Waals surface area contributed by atoms with Crippen molar-refractivity contribution in [3.63, 3.8) is 0 Å². The number of carbonyl (C=O) groups excluding carboxylic acids is 3. The van der Waals surface area contributed by atoms with Gasteiger partial charge < -0.3 is 18.8 Å². The van der Waals surface area contributed by atoms with Gasteiger partial charge >= 0.3 is 17.9 Å². The second-order valence-electron chi connectivity index (χ2n) is 4.78. The summed E-state index contributed by atoms with van der Waals surface area (Å²) in [6.07, 6.45) is -0.126. The van der Waals surface area contributed by atoms with Crippen LogP contribution in [0.4, 0.5) is 0 Å². The Kier molecular flexibility index (Phi) is 6.81. The van der Waals surface area contributed by atoms with E-state index in [-0.39, 0.29) is 37.5 Å². The van der Waals surface area contributed by atoms with E-state index in [9.17, 15) is 14.4 Å². The van der Waals surface area contributed by atoms with Gasteiger partial charge in [0.05, 0.1) is 31.8 Å². The van der Waals surface area contributed by atoms with Crippen molar-refractivity contribution in [1.29, 1.82) is 0 Å². The predicted octanol–water partition coefficient (Wildman–Crippen LogP) is 1.79. The van der Waals surface area contributed by atoms with E-state index < -0.39 is 17.9 Å². The van der Waals surface area contributed by atoms with Gasteiger partial charge in [-0.1, -0.05) is 0 Å². The quantitative estimate of drug-likeness (QED) is 0.561. The van der Waals surface area contributed by atoms with Gasteiger partial charge in [0.25, 0.3) is 0 Å². The number of aromatic nitrogens is 1. The van der Waals surface area contributed by atoms with Crippen molar-refractivity contribution in [3.8, 4) is 0 Å². The van der Waals surface area contributed by atoms with Crippen molar-refractivity contribution < 1.29 is 28.6 Å². The van der Waals surface area contributed by atoms with E-state index in [1.54, 1.807) is 34.7 Å². The Hall–Kier alpha value is -2.31. The highest BCUT2D eigenvalue weighted by atomic mass is 16.5. The van der Waals surface area contributed by atoms with Crippen LogP contribution in [0.3, 0.4) is 0 Å². The molecule has 0 aliphatic carbocycles. The average Bonchev–Trinajstić information content (AvgIpc) is 2.71. The van der Waals surface area contributed by atoms with Crippen molar-refractivity contribution >= 4 is 17.9 Å². The SMILES string of the molecule is CCOC(=O)Cc1c(C(=O)OCC)c(C)c(C(=O)OCC)n1C. The van der Waals surface area contributed by atoms with E-state index >= 15 is 0 Å². The molecule has 0 saturated carbocycles. The molecule has 7 nitrogen and oxygen atoms in total.